The summed E-state index contributed by atoms with van der Waals surface area (Å²) in [6.45, 7) is 0. The maximum absolute atomic E-state index is 12.7. The van der Waals surface area contributed by atoms with E-state index in [1.807, 2.05) is 30.3 Å². The van der Waals surface area contributed by atoms with Crippen LogP contribution < -0.4 is 5.32 Å². The Kier molecular flexibility index (Phi) is 3.23. The minimum absolute atomic E-state index is 0.179. The number of nitrogens with one attached hydrogen (secondary N) is 1. The van der Waals surface area contributed by atoms with Crippen molar-refractivity contribution in [2.24, 2.45) is 0 Å². The lowest BCUT2D eigenvalue weighted by Gasteiger charge is -2.16. The zero-order valence-electron chi connectivity index (χ0n) is 12.3. The predicted octanol–water partition coefficient (Wildman–Crippen LogP) is 4.04. The van der Waals surface area contributed by atoms with Gasteiger partial charge in [-0.2, -0.15) is 0 Å². The summed E-state index contributed by atoms with van der Waals surface area (Å²) in [7, 11) is 0. The molecule has 2 aliphatic carbocycles. The number of carbonyl (C=O) groups excluding carboxylic acids is 1. The van der Waals surface area contributed by atoms with Crippen molar-refractivity contribution in [2.75, 3.05) is 0 Å². The van der Waals surface area contributed by atoms with Gasteiger partial charge < -0.3 is 5.32 Å². The number of carbonyl (C=O) groups is 1. The zero-order valence-corrected chi connectivity index (χ0v) is 13.0. The molecule has 112 valence electrons. The van der Waals surface area contributed by atoms with Gasteiger partial charge >= 0.3 is 0 Å². The van der Waals surface area contributed by atoms with Crippen molar-refractivity contribution in [3.05, 3.63) is 70.7 Å². The largest absolute Gasteiger partial charge is 0.352 e. The molecule has 0 aromatic heterocycles. The van der Waals surface area contributed by atoms with Crippen LogP contribution in [0.2, 0.25) is 5.02 Å². The molecule has 2 unspecified atom stereocenters. The average Bonchev–Trinajstić information content (AvgIpc) is 3.44. The lowest BCUT2D eigenvalue weighted by molar-refractivity contribution is -0.123. The van der Waals surface area contributed by atoms with Gasteiger partial charge in [-0.05, 0) is 42.5 Å². The van der Waals surface area contributed by atoms with Crippen LogP contribution in [0.15, 0.2) is 54.6 Å². The summed E-state index contributed by atoms with van der Waals surface area (Å²) in [6, 6.07) is 18.4. The van der Waals surface area contributed by atoms with E-state index in [1.54, 1.807) is 0 Å². The molecule has 0 heterocycles. The molecule has 22 heavy (non-hydrogen) atoms. The summed E-state index contributed by atoms with van der Waals surface area (Å²) in [4.78, 5) is 12.7. The Balaban J connectivity index is 1.44. The molecule has 2 aromatic rings. The molecule has 2 saturated carbocycles. The first-order valence-electron chi connectivity index (χ1n) is 7.81. The fourth-order valence-corrected chi connectivity index (χ4v) is 3.40. The molecular weight excluding hydrogens is 294 g/mol. The molecule has 1 N–H and O–H groups in total. The molecule has 2 atom stereocenters. The summed E-state index contributed by atoms with van der Waals surface area (Å²) in [6.07, 6.45) is 2.92. The second kappa shape index (κ2) is 5.13. The molecule has 0 saturated heterocycles. The van der Waals surface area contributed by atoms with Gasteiger partial charge in [0.05, 0.1) is 5.41 Å². The van der Waals surface area contributed by atoms with Crippen molar-refractivity contribution in [1.29, 1.82) is 0 Å². The van der Waals surface area contributed by atoms with E-state index in [-0.39, 0.29) is 11.3 Å². The number of amides is 1. The Bertz CT molecular complexity index is 691. The monoisotopic (exact) mass is 311 g/mol. The molecule has 2 aliphatic rings. The van der Waals surface area contributed by atoms with Crippen molar-refractivity contribution in [3.63, 3.8) is 0 Å². The minimum atomic E-state index is -0.311. The van der Waals surface area contributed by atoms with E-state index in [0.717, 1.165) is 24.8 Å². The first kappa shape index (κ1) is 13.8. The van der Waals surface area contributed by atoms with Crippen LogP contribution in [0.1, 0.15) is 36.3 Å². The first-order chi connectivity index (χ1) is 10.7. The third kappa shape index (κ3) is 2.42. The molecule has 2 nitrogen and oxygen atoms in total. The zero-order chi connectivity index (χ0) is 15.2. The van der Waals surface area contributed by atoms with Crippen LogP contribution in [0.25, 0.3) is 0 Å². The third-order valence-corrected chi connectivity index (χ3v) is 5.17. The molecule has 2 aromatic carbocycles. The van der Waals surface area contributed by atoms with Crippen molar-refractivity contribution in [2.45, 2.75) is 36.6 Å². The summed E-state index contributed by atoms with van der Waals surface area (Å²) >= 11 is 5.94. The number of halogens is 1. The highest BCUT2D eigenvalue weighted by atomic mass is 35.5. The van der Waals surface area contributed by atoms with Gasteiger partial charge in [-0.25, -0.2) is 0 Å². The second-order valence-corrected chi connectivity index (χ2v) is 6.86. The molecule has 4 rings (SSSR count). The topological polar surface area (TPSA) is 29.1 Å². The van der Waals surface area contributed by atoms with Gasteiger partial charge in [-0.3, -0.25) is 4.79 Å². The SMILES string of the molecule is O=C(NC1CC1c1ccccc1)C1(c2ccc(Cl)cc2)CC1. The van der Waals surface area contributed by atoms with Crippen LogP contribution in [-0.4, -0.2) is 11.9 Å². The Morgan fingerprint density at radius 3 is 2.36 bits per heavy atom. The first-order valence-corrected chi connectivity index (χ1v) is 8.19. The predicted molar refractivity (Wildman–Crippen MR) is 88.1 cm³/mol. The van der Waals surface area contributed by atoms with Crippen LogP contribution in [0.5, 0.6) is 0 Å². The number of hydrogen-bond acceptors (Lipinski definition) is 1. The Hall–Kier alpha value is -1.80. The van der Waals surface area contributed by atoms with Gasteiger partial charge in [0, 0.05) is 17.0 Å². The van der Waals surface area contributed by atoms with Crippen LogP contribution in [0.3, 0.4) is 0 Å². The fourth-order valence-electron chi connectivity index (χ4n) is 3.27. The molecule has 0 aliphatic heterocycles. The van der Waals surface area contributed by atoms with E-state index in [0.29, 0.717) is 17.0 Å². The van der Waals surface area contributed by atoms with Gasteiger partial charge in [0.2, 0.25) is 5.91 Å². The van der Waals surface area contributed by atoms with Crippen LogP contribution in [-0.2, 0) is 10.2 Å². The molecular formula is C19H18ClNO. The molecule has 2 fully saturated rings. The fraction of sp³-hybridized carbons (Fsp3) is 0.316. The van der Waals surface area contributed by atoms with E-state index in [9.17, 15) is 4.79 Å². The lowest BCUT2D eigenvalue weighted by atomic mass is 9.95. The Morgan fingerprint density at radius 2 is 1.73 bits per heavy atom. The van der Waals surface area contributed by atoms with E-state index in [1.165, 1.54) is 5.56 Å². The number of hydrogen-bond donors (Lipinski definition) is 1. The molecule has 1 amide bonds. The summed E-state index contributed by atoms with van der Waals surface area (Å²) in [5.74, 6) is 0.657. The van der Waals surface area contributed by atoms with E-state index in [4.69, 9.17) is 11.6 Å². The molecule has 0 spiro atoms. The summed E-state index contributed by atoms with van der Waals surface area (Å²) in [5, 5.41) is 3.96. The van der Waals surface area contributed by atoms with Crippen LogP contribution in [0, 0.1) is 0 Å². The highest BCUT2D eigenvalue weighted by molar-refractivity contribution is 6.30. The Labute approximate surface area is 135 Å². The maximum Gasteiger partial charge on any atom is 0.230 e. The molecule has 3 heteroatoms. The van der Waals surface area contributed by atoms with Gasteiger partial charge in [-0.1, -0.05) is 54.1 Å². The lowest BCUT2D eigenvalue weighted by Crippen LogP contribution is -2.36. The summed E-state index contributed by atoms with van der Waals surface area (Å²) < 4.78 is 0. The smallest absolute Gasteiger partial charge is 0.230 e. The maximum atomic E-state index is 12.7. The van der Waals surface area contributed by atoms with Gasteiger partial charge in [-0.15, -0.1) is 0 Å². The highest BCUT2D eigenvalue weighted by Crippen LogP contribution is 2.50. The van der Waals surface area contributed by atoms with E-state index < -0.39 is 0 Å². The third-order valence-electron chi connectivity index (χ3n) is 4.92. The number of rotatable bonds is 4. The molecule has 0 radical (unpaired) electrons. The number of benzene rings is 2. The average molecular weight is 312 g/mol. The minimum Gasteiger partial charge on any atom is -0.352 e. The highest BCUT2D eigenvalue weighted by Gasteiger charge is 2.53. The van der Waals surface area contributed by atoms with Crippen molar-refractivity contribution in [3.8, 4) is 0 Å². The van der Waals surface area contributed by atoms with Gasteiger partial charge in [0.25, 0.3) is 0 Å². The van der Waals surface area contributed by atoms with Crippen molar-refractivity contribution >= 4 is 17.5 Å². The van der Waals surface area contributed by atoms with Gasteiger partial charge in [0.1, 0.15) is 0 Å². The molecule has 0 bridgehead atoms. The summed E-state index contributed by atoms with van der Waals surface area (Å²) in [5.41, 5.74) is 2.10. The Morgan fingerprint density at radius 1 is 1.05 bits per heavy atom. The van der Waals surface area contributed by atoms with E-state index in [2.05, 4.69) is 29.6 Å². The second-order valence-electron chi connectivity index (χ2n) is 6.42. The quantitative estimate of drug-likeness (QED) is 0.907. The van der Waals surface area contributed by atoms with Crippen molar-refractivity contribution < 1.29 is 4.79 Å². The van der Waals surface area contributed by atoms with Crippen LogP contribution in [0.4, 0.5) is 0 Å². The van der Waals surface area contributed by atoms with Gasteiger partial charge in [0.15, 0.2) is 0 Å². The standard InChI is InChI=1S/C19H18ClNO/c20-15-8-6-14(7-9-15)19(10-11-19)18(22)21-17-12-16(17)13-4-2-1-3-5-13/h1-9,16-17H,10-12H2,(H,21,22). The van der Waals surface area contributed by atoms with Crippen LogP contribution >= 0.6 is 11.6 Å². The normalized spacial score (nSPS) is 24.6. The van der Waals surface area contributed by atoms with E-state index >= 15 is 0 Å². The van der Waals surface area contributed by atoms with Crippen molar-refractivity contribution in [1.82, 2.24) is 5.32 Å².